The minimum Gasteiger partial charge on any atom is -0.349 e. The predicted molar refractivity (Wildman–Crippen MR) is 64.1 cm³/mol. The van der Waals surface area contributed by atoms with Gasteiger partial charge in [-0.25, -0.2) is 4.39 Å². The van der Waals surface area contributed by atoms with Crippen LogP contribution in [0.2, 0.25) is 0 Å². The Labute approximate surface area is 100 Å². The summed E-state index contributed by atoms with van der Waals surface area (Å²) < 4.78 is 13.0. The molecule has 0 saturated carbocycles. The Balaban J connectivity index is 2.00. The summed E-state index contributed by atoms with van der Waals surface area (Å²) in [7, 11) is 1.82. The van der Waals surface area contributed by atoms with E-state index >= 15 is 0 Å². The van der Waals surface area contributed by atoms with E-state index < -0.39 is 0 Å². The maximum atomic E-state index is 13.0. The highest BCUT2D eigenvalue weighted by Crippen LogP contribution is 2.31. The Morgan fingerprint density at radius 2 is 2.35 bits per heavy atom. The Morgan fingerprint density at radius 3 is 3.12 bits per heavy atom. The molecule has 17 heavy (non-hydrogen) atoms. The van der Waals surface area contributed by atoms with Gasteiger partial charge in [0, 0.05) is 13.0 Å². The third-order valence-electron chi connectivity index (χ3n) is 3.12. The minimum atomic E-state index is -0.203. The van der Waals surface area contributed by atoms with Gasteiger partial charge in [0.15, 0.2) is 0 Å². The summed E-state index contributed by atoms with van der Waals surface area (Å²) in [4.78, 5) is 11.6. The van der Waals surface area contributed by atoms with E-state index in [4.69, 9.17) is 0 Å². The summed E-state index contributed by atoms with van der Waals surface area (Å²) in [5, 5.41) is 5.93. The van der Waals surface area contributed by atoms with Crippen LogP contribution in [0.5, 0.6) is 0 Å². The molecule has 1 aromatic carbocycles. The molecule has 1 amide bonds. The normalized spacial score (nSPS) is 17.9. The summed E-state index contributed by atoms with van der Waals surface area (Å²) in [6.07, 6.45) is 2.18. The van der Waals surface area contributed by atoms with Gasteiger partial charge in [0.2, 0.25) is 5.91 Å². The average molecular weight is 236 g/mol. The van der Waals surface area contributed by atoms with Crippen LogP contribution in [0.1, 0.15) is 30.0 Å². The average Bonchev–Trinajstić information content (AvgIpc) is 2.69. The number of amides is 1. The molecule has 2 N–H and O–H groups in total. The first-order valence-electron chi connectivity index (χ1n) is 5.93. The van der Waals surface area contributed by atoms with Crippen molar-refractivity contribution in [2.45, 2.75) is 25.3 Å². The maximum Gasteiger partial charge on any atom is 0.221 e. The third-order valence-corrected chi connectivity index (χ3v) is 3.12. The van der Waals surface area contributed by atoms with Crippen molar-refractivity contribution >= 4 is 5.91 Å². The van der Waals surface area contributed by atoms with E-state index in [1.165, 1.54) is 6.07 Å². The molecular weight excluding hydrogens is 219 g/mol. The van der Waals surface area contributed by atoms with E-state index in [1.54, 1.807) is 12.1 Å². The van der Waals surface area contributed by atoms with Gasteiger partial charge in [0.1, 0.15) is 5.82 Å². The van der Waals surface area contributed by atoms with Crippen molar-refractivity contribution in [2.75, 3.05) is 13.6 Å². The Morgan fingerprint density at radius 1 is 1.53 bits per heavy atom. The number of fused-ring (bicyclic) bond motifs is 1. The van der Waals surface area contributed by atoms with E-state index in [9.17, 15) is 9.18 Å². The fourth-order valence-electron chi connectivity index (χ4n) is 2.24. The van der Waals surface area contributed by atoms with Crippen LogP contribution in [0, 0.1) is 5.82 Å². The van der Waals surface area contributed by atoms with Gasteiger partial charge >= 0.3 is 0 Å². The lowest BCUT2D eigenvalue weighted by Crippen LogP contribution is -2.29. The second-order valence-corrected chi connectivity index (χ2v) is 4.36. The first kappa shape index (κ1) is 12.0. The lowest BCUT2D eigenvalue weighted by Gasteiger charge is -2.14. The lowest BCUT2D eigenvalue weighted by molar-refractivity contribution is -0.121. The molecule has 92 valence electrons. The number of rotatable bonds is 4. The van der Waals surface area contributed by atoms with E-state index in [0.717, 1.165) is 24.0 Å². The molecule has 1 aliphatic carbocycles. The van der Waals surface area contributed by atoms with Crippen LogP contribution in [0.4, 0.5) is 4.39 Å². The highest BCUT2D eigenvalue weighted by molar-refractivity contribution is 5.76. The van der Waals surface area contributed by atoms with Crippen LogP contribution < -0.4 is 10.6 Å². The van der Waals surface area contributed by atoms with Gasteiger partial charge in [0.25, 0.3) is 0 Å². The van der Waals surface area contributed by atoms with Crippen molar-refractivity contribution in [3.63, 3.8) is 0 Å². The molecule has 0 radical (unpaired) electrons. The molecule has 1 aromatic rings. The van der Waals surface area contributed by atoms with Gasteiger partial charge in [-0.05, 0) is 43.1 Å². The van der Waals surface area contributed by atoms with Crippen molar-refractivity contribution in [3.8, 4) is 0 Å². The first-order chi connectivity index (χ1) is 8.20. The lowest BCUT2D eigenvalue weighted by atomic mass is 10.1. The Kier molecular flexibility index (Phi) is 3.74. The number of hydrogen-bond donors (Lipinski definition) is 2. The molecule has 0 saturated heterocycles. The summed E-state index contributed by atoms with van der Waals surface area (Å²) >= 11 is 0. The van der Waals surface area contributed by atoms with E-state index in [1.807, 2.05) is 7.05 Å². The topological polar surface area (TPSA) is 41.1 Å². The molecule has 1 atom stereocenters. The highest BCUT2D eigenvalue weighted by atomic mass is 19.1. The van der Waals surface area contributed by atoms with Gasteiger partial charge < -0.3 is 10.6 Å². The largest absolute Gasteiger partial charge is 0.349 e. The summed E-state index contributed by atoms with van der Waals surface area (Å²) in [6.45, 7) is 0.675. The zero-order valence-corrected chi connectivity index (χ0v) is 9.92. The molecule has 2 rings (SSSR count). The number of hydrogen-bond acceptors (Lipinski definition) is 2. The van der Waals surface area contributed by atoms with Crippen molar-refractivity contribution < 1.29 is 9.18 Å². The van der Waals surface area contributed by atoms with Crippen LogP contribution in [0.15, 0.2) is 18.2 Å². The summed E-state index contributed by atoms with van der Waals surface area (Å²) in [5.74, 6) is -0.160. The molecule has 0 spiro atoms. The summed E-state index contributed by atoms with van der Waals surface area (Å²) in [6, 6.07) is 4.85. The monoisotopic (exact) mass is 236 g/mol. The maximum absolute atomic E-state index is 13.0. The quantitative estimate of drug-likeness (QED) is 0.832. The molecule has 0 heterocycles. The molecule has 1 aliphatic rings. The molecule has 0 aromatic heterocycles. The zero-order valence-electron chi connectivity index (χ0n) is 9.92. The van der Waals surface area contributed by atoms with Crippen molar-refractivity contribution in [2.24, 2.45) is 0 Å². The molecule has 0 fully saturated rings. The minimum absolute atomic E-state index is 0.0431. The van der Waals surface area contributed by atoms with Gasteiger partial charge in [-0.1, -0.05) is 6.07 Å². The molecule has 4 heteroatoms. The Bertz CT molecular complexity index is 420. The van der Waals surface area contributed by atoms with Crippen molar-refractivity contribution in [3.05, 3.63) is 35.1 Å². The zero-order chi connectivity index (χ0) is 12.3. The fourth-order valence-corrected chi connectivity index (χ4v) is 2.24. The van der Waals surface area contributed by atoms with Crippen molar-refractivity contribution in [1.82, 2.24) is 10.6 Å². The number of aryl methyl sites for hydroxylation is 1. The van der Waals surface area contributed by atoms with E-state index in [-0.39, 0.29) is 17.8 Å². The Hall–Kier alpha value is -1.42. The fraction of sp³-hybridized carbons (Fsp3) is 0.462. The molecule has 1 unspecified atom stereocenters. The number of nitrogens with one attached hydrogen (secondary N) is 2. The van der Waals surface area contributed by atoms with Crippen LogP contribution >= 0.6 is 0 Å². The summed E-state index contributed by atoms with van der Waals surface area (Å²) in [5.41, 5.74) is 2.08. The van der Waals surface area contributed by atoms with Crippen molar-refractivity contribution in [1.29, 1.82) is 0 Å². The molecule has 0 aliphatic heterocycles. The smallest absolute Gasteiger partial charge is 0.221 e. The standard InChI is InChI=1S/C13H17FN2O/c1-15-7-6-13(17)16-12-5-2-9-8-10(14)3-4-11(9)12/h3-4,8,12,15H,2,5-7H2,1H3,(H,16,17). The van der Waals surface area contributed by atoms with Crippen LogP contribution in [0.25, 0.3) is 0 Å². The van der Waals surface area contributed by atoms with Crippen LogP contribution in [-0.2, 0) is 11.2 Å². The van der Waals surface area contributed by atoms with Crippen LogP contribution in [0.3, 0.4) is 0 Å². The second kappa shape index (κ2) is 5.27. The third kappa shape index (κ3) is 2.82. The van der Waals surface area contributed by atoms with Gasteiger partial charge in [-0.2, -0.15) is 0 Å². The number of carbonyl (C=O) groups excluding carboxylic acids is 1. The van der Waals surface area contributed by atoms with Gasteiger partial charge in [0.05, 0.1) is 6.04 Å². The SMILES string of the molecule is CNCCC(=O)NC1CCc2cc(F)ccc21. The number of carbonyl (C=O) groups is 1. The van der Waals surface area contributed by atoms with E-state index in [0.29, 0.717) is 13.0 Å². The van der Waals surface area contributed by atoms with Gasteiger partial charge in [-0.3, -0.25) is 4.79 Å². The first-order valence-corrected chi connectivity index (χ1v) is 5.93. The number of benzene rings is 1. The predicted octanol–water partition coefficient (Wildman–Crippen LogP) is 1.54. The molecule has 0 bridgehead atoms. The molecule has 3 nitrogen and oxygen atoms in total. The van der Waals surface area contributed by atoms with E-state index in [2.05, 4.69) is 10.6 Å². The van der Waals surface area contributed by atoms with Crippen LogP contribution in [-0.4, -0.2) is 19.5 Å². The second-order valence-electron chi connectivity index (χ2n) is 4.36. The number of halogens is 1. The highest BCUT2D eigenvalue weighted by Gasteiger charge is 2.23. The van der Waals surface area contributed by atoms with Gasteiger partial charge in [-0.15, -0.1) is 0 Å². The molecular formula is C13H17FN2O.